The molecule has 90 valence electrons. The summed E-state index contributed by atoms with van der Waals surface area (Å²) in [6, 6.07) is 6.55. The molecule has 2 aromatic rings. The summed E-state index contributed by atoms with van der Waals surface area (Å²) in [5.41, 5.74) is 9.69. The first-order valence-electron chi connectivity index (χ1n) is 6.32. The van der Waals surface area contributed by atoms with E-state index in [1.165, 1.54) is 12.0 Å². The van der Waals surface area contributed by atoms with Gasteiger partial charge in [-0.3, -0.25) is 0 Å². The number of hydrogen-bond donors (Lipinski definition) is 2. The van der Waals surface area contributed by atoms with Crippen LogP contribution in [0, 0.1) is 6.92 Å². The van der Waals surface area contributed by atoms with E-state index in [1.54, 1.807) is 0 Å². The average molecular weight is 229 g/mol. The minimum absolute atomic E-state index is 0.0208. The van der Waals surface area contributed by atoms with Crippen LogP contribution in [0.2, 0.25) is 0 Å². The minimum Gasteiger partial charge on any atom is -0.341 e. The first kappa shape index (κ1) is 10.8. The molecule has 3 rings (SSSR count). The highest BCUT2D eigenvalue weighted by molar-refractivity contribution is 5.76. The van der Waals surface area contributed by atoms with Gasteiger partial charge in [0.15, 0.2) is 0 Å². The van der Waals surface area contributed by atoms with Gasteiger partial charge in [0, 0.05) is 11.5 Å². The van der Waals surface area contributed by atoms with Crippen LogP contribution < -0.4 is 5.73 Å². The quantitative estimate of drug-likeness (QED) is 0.789. The van der Waals surface area contributed by atoms with E-state index in [-0.39, 0.29) is 11.5 Å². The Morgan fingerprint density at radius 2 is 2.29 bits per heavy atom. The molecule has 1 heterocycles. The number of nitrogens with one attached hydrogen (secondary N) is 1. The maximum absolute atomic E-state index is 6.24. The summed E-state index contributed by atoms with van der Waals surface area (Å²) in [7, 11) is 0. The van der Waals surface area contributed by atoms with Crippen LogP contribution in [-0.4, -0.2) is 16.0 Å². The number of imidazole rings is 1. The number of fused-ring (bicyclic) bond motifs is 1. The molecule has 0 aliphatic heterocycles. The van der Waals surface area contributed by atoms with E-state index in [4.69, 9.17) is 10.7 Å². The predicted molar refractivity (Wildman–Crippen MR) is 70.0 cm³/mol. The molecule has 3 nitrogen and oxygen atoms in total. The normalized spacial score (nSPS) is 29.0. The van der Waals surface area contributed by atoms with Crippen LogP contribution in [0.3, 0.4) is 0 Å². The molecule has 3 N–H and O–H groups in total. The summed E-state index contributed by atoms with van der Waals surface area (Å²) < 4.78 is 0. The largest absolute Gasteiger partial charge is 0.341 e. The molecule has 1 aromatic heterocycles. The summed E-state index contributed by atoms with van der Waals surface area (Å²) in [4.78, 5) is 8.18. The number of hydrogen-bond acceptors (Lipinski definition) is 2. The SMILES string of the molecule is Cc1ccc2nc(C3(C)CCCC3N)[nH]c2c1. The van der Waals surface area contributed by atoms with Gasteiger partial charge in [-0.25, -0.2) is 4.98 Å². The molecule has 1 aliphatic carbocycles. The van der Waals surface area contributed by atoms with Crippen molar-refractivity contribution < 1.29 is 0 Å². The topological polar surface area (TPSA) is 54.7 Å². The molecule has 1 aromatic carbocycles. The number of H-pyrrole nitrogens is 1. The number of rotatable bonds is 1. The third-order valence-electron chi connectivity index (χ3n) is 4.21. The summed E-state index contributed by atoms with van der Waals surface area (Å²) in [5, 5.41) is 0. The second-order valence-electron chi connectivity index (χ2n) is 5.52. The van der Waals surface area contributed by atoms with Crippen molar-refractivity contribution in [3.05, 3.63) is 29.6 Å². The van der Waals surface area contributed by atoms with Crippen LogP contribution in [0.5, 0.6) is 0 Å². The van der Waals surface area contributed by atoms with Crippen LogP contribution in [0.15, 0.2) is 18.2 Å². The molecule has 0 amide bonds. The maximum atomic E-state index is 6.24. The van der Waals surface area contributed by atoms with E-state index in [2.05, 4.69) is 37.0 Å². The smallest absolute Gasteiger partial charge is 0.114 e. The Kier molecular flexibility index (Phi) is 2.26. The zero-order valence-corrected chi connectivity index (χ0v) is 10.5. The maximum Gasteiger partial charge on any atom is 0.114 e. The fourth-order valence-electron chi connectivity index (χ4n) is 2.88. The average Bonchev–Trinajstić information content (AvgIpc) is 2.84. The molecule has 1 fully saturated rings. The van der Waals surface area contributed by atoms with E-state index >= 15 is 0 Å². The highest BCUT2D eigenvalue weighted by Gasteiger charge is 2.40. The molecule has 1 aliphatic rings. The summed E-state index contributed by atoms with van der Waals surface area (Å²) in [6.07, 6.45) is 3.44. The van der Waals surface area contributed by atoms with Gasteiger partial charge in [-0.05, 0) is 37.5 Å². The molecular weight excluding hydrogens is 210 g/mol. The highest BCUT2D eigenvalue weighted by Crippen LogP contribution is 2.38. The van der Waals surface area contributed by atoms with Gasteiger partial charge in [-0.2, -0.15) is 0 Å². The first-order chi connectivity index (χ1) is 8.09. The minimum atomic E-state index is 0.0208. The number of aromatic amines is 1. The van der Waals surface area contributed by atoms with Gasteiger partial charge >= 0.3 is 0 Å². The molecule has 0 bridgehead atoms. The molecule has 17 heavy (non-hydrogen) atoms. The molecule has 1 saturated carbocycles. The van der Waals surface area contributed by atoms with Crippen LogP contribution in [-0.2, 0) is 5.41 Å². The van der Waals surface area contributed by atoms with Gasteiger partial charge in [0.2, 0.25) is 0 Å². The zero-order valence-electron chi connectivity index (χ0n) is 10.5. The molecule has 2 unspecified atom stereocenters. The van der Waals surface area contributed by atoms with Gasteiger partial charge in [0.25, 0.3) is 0 Å². The monoisotopic (exact) mass is 229 g/mol. The van der Waals surface area contributed by atoms with Crippen molar-refractivity contribution in [3.63, 3.8) is 0 Å². The summed E-state index contributed by atoms with van der Waals surface area (Å²) in [6.45, 7) is 4.33. The lowest BCUT2D eigenvalue weighted by atomic mass is 9.84. The van der Waals surface area contributed by atoms with Crippen molar-refractivity contribution in [1.82, 2.24) is 9.97 Å². The van der Waals surface area contributed by atoms with Crippen molar-refractivity contribution in [2.45, 2.75) is 44.6 Å². The molecular formula is C14H19N3. The third-order valence-corrected chi connectivity index (χ3v) is 4.21. The Balaban J connectivity index is 2.12. The summed E-state index contributed by atoms with van der Waals surface area (Å²) >= 11 is 0. The van der Waals surface area contributed by atoms with Crippen molar-refractivity contribution in [3.8, 4) is 0 Å². The second-order valence-corrected chi connectivity index (χ2v) is 5.52. The fourth-order valence-corrected chi connectivity index (χ4v) is 2.88. The lowest BCUT2D eigenvalue weighted by molar-refractivity contribution is 0.409. The van der Waals surface area contributed by atoms with Gasteiger partial charge in [-0.1, -0.05) is 19.4 Å². The Morgan fingerprint density at radius 3 is 3.00 bits per heavy atom. The fraction of sp³-hybridized carbons (Fsp3) is 0.500. The molecule has 0 spiro atoms. The zero-order chi connectivity index (χ0) is 12.0. The Bertz CT molecular complexity index is 558. The van der Waals surface area contributed by atoms with E-state index in [9.17, 15) is 0 Å². The van der Waals surface area contributed by atoms with Gasteiger partial charge < -0.3 is 10.7 Å². The number of aryl methyl sites for hydroxylation is 1. The molecule has 0 radical (unpaired) electrons. The predicted octanol–water partition coefficient (Wildman–Crippen LogP) is 2.64. The highest BCUT2D eigenvalue weighted by atomic mass is 15.0. The lowest BCUT2D eigenvalue weighted by Crippen LogP contribution is -2.39. The Labute approximate surface area is 101 Å². The Morgan fingerprint density at radius 1 is 1.47 bits per heavy atom. The van der Waals surface area contributed by atoms with E-state index < -0.39 is 0 Å². The molecule has 0 saturated heterocycles. The van der Waals surface area contributed by atoms with Gasteiger partial charge in [-0.15, -0.1) is 0 Å². The van der Waals surface area contributed by atoms with Gasteiger partial charge in [0.1, 0.15) is 5.82 Å². The van der Waals surface area contributed by atoms with Gasteiger partial charge in [0.05, 0.1) is 11.0 Å². The van der Waals surface area contributed by atoms with Crippen molar-refractivity contribution in [2.24, 2.45) is 5.73 Å². The third kappa shape index (κ3) is 1.57. The lowest BCUT2D eigenvalue weighted by Gasteiger charge is -2.26. The van der Waals surface area contributed by atoms with Crippen LogP contribution in [0.25, 0.3) is 11.0 Å². The number of nitrogens with two attached hydrogens (primary N) is 1. The summed E-state index contributed by atoms with van der Waals surface area (Å²) in [5.74, 6) is 1.06. The molecule has 2 atom stereocenters. The number of nitrogens with zero attached hydrogens (tertiary/aromatic N) is 1. The van der Waals surface area contributed by atoms with Crippen molar-refractivity contribution in [1.29, 1.82) is 0 Å². The number of benzene rings is 1. The van der Waals surface area contributed by atoms with Crippen LogP contribution >= 0.6 is 0 Å². The number of aromatic nitrogens is 2. The van der Waals surface area contributed by atoms with E-state index in [0.717, 1.165) is 29.7 Å². The van der Waals surface area contributed by atoms with E-state index in [0.29, 0.717) is 0 Å². The van der Waals surface area contributed by atoms with Crippen LogP contribution in [0.4, 0.5) is 0 Å². The Hall–Kier alpha value is -1.35. The van der Waals surface area contributed by atoms with Crippen molar-refractivity contribution in [2.75, 3.05) is 0 Å². The molecule has 3 heteroatoms. The van der Waals surface area contributed by atoms with E-state index in [1.807, 2.05) is 0 Å². The second kappa shape index (κ2) is 3.57. The van der Waals surface area contributed by atoms with Crippen molar-refractivity contribution >= 4 is 11.0 Å². The van der Waals surface area contributed by atoms with Crippen LogP contribution in [0.1, 0.15) is 37.6 Å². The first-order valence-corrected chi connectivity index (χ1v) is 6.32. The standard InChI is InChI=1S/C14H19N3/c1-9-5-6-10-11(8-9)17-13(16-10)14(2)7-3-4-12(14)15/h5-6,8,12H,3-4,7,15H2,1-2H3,(H,16,17).